The molecule has 0 radical (unpaired) electrons. The first-order chi connectivity index (χ1) is 19.7. The molecule has 216 valence electrons. The van der Waals surface area contributed by atoms with E-state index in [9.17, 15) is 9.59 Å². The van der Waals surface area contributed by atoms with Gasteiger partial charge in [0, 0.05) is 31.4 Å². The quantitative estimate of drug-likeness (QED) is 0.361. The third-order valence-electron chi connectivity index (χ3n) is 7.86. The fourth-order valence-corrected chi connectivity index (χ4v) is 5.61. The molecule has 0 spiro atoms. The Bertz CT molecular complexity index is 1360. The number of nitrogens with one attached hydrogen (secondary N) is 1. The van der Waals surface area contributed by atoms with Crippen LogP contribution in [0, 0.1) is 5.92 Å². The molecule has 0 bridgehead atoms. The van der Waals surface area contributed by atoms with Crippen LogP contribution in [0.1, 0.15) is 80.0 Å². The normalized spacial score (nSPS) is 16.1. The van der Waals surface area contributed by atoms with Gasteiger partial charge in [0.15, 0.2) is 0 Å². The van der Waals surface area contributed by atoms with Crippen molar-refractivity contribution >= 4 is 23.8 Å². The fourth-order valence-electron chi connectivity index (χ4n) is 5.61. The van der Waals surface area contributed by atoms with Gasteiger partial charge in [-0.3, -0.25) is 9.69 Å². The highest BCUT2D eigenvalue weighted by Gasteiger charge is 2.30. The topological polar surface area (TPSA) is 87.7 Å². The molecular formula is C33H41N5O3. The molecule has 2 aromatic carbocycles. The molecule has 3 aromatic rings. The molecule has 0 saturated carbocycles. The standard InChI is InChI=1S/C33H41N5O3/c1-23(25-9-6-5-7-10-25)35-31-34-18-15-29(36-31)38(30(39)28-14-13-26-11-8-12-27(26)21-28)22-24-16-19-37(20-17-24)32(40)41-33(2,3)4/h5-7,9-10,13-15,18,21,23-24H,8,11-12,16-17,19-20,22H2,1-4H3,(H,34,35,36)/t23-/m0/s1. The Morgan fingerprint density at radius 2 is 1.78 bits per heavy atom. The number of hydrogen-bond acceptors (Lipinski definition) is 6. The van der Waals surface area contributed by atoms with E-state index in [1.807, 2.05) is 45.0 Å². The van der Waals surface area contributed by atoms with Crippen molar-refractivity contribution in [1.82, 2.24) is 14.9 Å². The molecule has 2 amide bonds. The second-order valence-electron chi connectivity index (χ2n) is 12.2. The number of anilines is 2. The summed E-state index contributed by atoms with van der Waals surface area (Å²) < 4.78 is 5.57. The summed E-state index contributed by atoms with van der Waals surface area (Å²) in [5, 5.41) is 3.39. The smallest absolute Gasteiger partial charge is 0.410 e. The minimum Gasteiger partial charge on any atom is -0.444 e. The molecule has 1 saturated heterocycles. The van der Waals surface area contributed by atoms with Crippen LogP contribution in [0.25, 0.3) is 0 Å². The Morgan fingerprint density at radius 1 is 1.05 bits per heavy atom. The Balaban J connectivity index is 1.35. The second kappa shape index (κ2) is 12.3. The van der Waals surface area contributed by atoms with Crippen LogP contribution in [-0.4, -0.2) is 52.1 Å². The maximum absolute atomic E-state index is 14.1. The zero-order chi connectivity index (χ0) is 29.0. The third-order valence-corrected chi connectivity index (χ3v) is 7.86. The van der Waals surface area contributed by atoms with Crippen LogP contribution < -0.4 is 10.2 Å². The second-order valence-corrected chi connectivity index (χ2v) is 12.2. The average molecular weight is 556 g/mol. The van der Waals surface area contributed by atoms with Crippen LogP contribution in [0.2, 0.25) is 0 Å². The minimum absolute atomic E-state index is 0.00416. The lowest BCUT2D eigenvalue weighted by molar-refractivity contribution is 0.0185. The third kappa shape index (κ3) is 7.23. The summed E-state index contributed by atoms with van der Waals surface area (Å²) in [6.45, 7) is 9.43. The van der Waals surface area contributed by atoms with Crippen molar-refractivity contribution in [2.45, 2.75) is 71.4 Å². The number of nitrogens with zero attached hydrogens (tertiary/aromatic N) is 4. The number of benzene rings is 2. The Hall–Kier alpha value is -3.94. The molecule has 8 heteroatoms. The lowest BCUT2D eigenvalue weighted by Gasteiger charge is -2.35. The van der Waals surface area contributed by atoms with Crippen molar-refractivity contribution < 1.29 is 14.3 Å². The maximum atomic E-state index is 14.1. The van der Waals surface area contributed by atoms with E-state index in [-0.39, 0.29) is 24.0 Å². The predicted molar refractivity (Wildman–Crippen MR) is 161 cm³/mol. The van der Waals surface area contributed by atoms with E-state index in [1.54, 1.807) is 22.1 Å². The number of ether oxygens (including phenoxy) is 1. The van der Waals surface area contributed by atoms with Gasteiger partial charge >= 0.3 is 6.09 Å². The van der Waals surface area contributed by atoms with Gasteiger partial charge in [-0.05, 0) is 101 Å². The van der Waals surface area contributed by atoms with Gasteiger partial charge in [0.25, 0.3) is 5.91 Å². The summed E-state index contributed by atoms with van der Waals surface area (Å²) >= 11 is 0. The van der Waals surface area contributed by atoms with Crippen molar-refractivity contribution in [1.29, 1.82) is 0 Å². The summed E-state index contributed by atoms with van der Waals surface area (Å²) in [6.07, 6.45) is 6.22. The van der Waals surface area contributed by atoms with Crippen molar-refractivity contribution in [3.8, 4) is 0 Å². The molecule has 1 aliphatic carbocycles. The number of hydrogen-bond donors (Lipinski definition) is 1. The monoisotopic (exact) mass is 555 g/mol. The number of carbonyl (C=O) groups is 2. The van der Waals surface area contributed by atoms with Crippen LogP contribution in [0.4, 0.5) is 16.6 Å². The van der Waals surface area contributed by atoms with E-state index >= 15 is 0 Å². The lowest BCUT2D eigenvalue weighted by Crippen LogP contribution is -2.45. The first-order valence-electron chi connectivity index (χ1n) is 14.7. The van der Waals surface area contributed by atoms with E-state index in [4.69, 9.17) is 9.72 Å². The van der Waals surface area contributed by atoms with Gasteiger partial charge in [-0.15, -0.1) is 0 Å². The minimum atomic E-state index is -0.524. The van der Waals surface area contributed by atoms with Crippen LogP contribution in [0.5, 0.6) is 0 Å². The van der Waals surface area contributed by atoms with E-state index in [2.05, 4.69) is 41.5 Å². The lowest BCUT2D eigenvalue weighted by atomic mass is 9.96. The highest BCUT2D eigenvalue weighted by Crippen LogP contribution is 2.28. The molecule has 41 heavy (non-hydrogen) atoms. The molecular weight excluding hydrogens is 514 g/mol. The molecule has 1 N–H and O–H groups in total. The zero-order valence-corrected chi connectivity index (χ0v) is 24.6. The van der Waals surface area contributed by atoms with E-state index < -0.39 is 5.60 Å². The zero-order valence-electron chi connectivity index (χ0n) is 24.6. The fraction of sp³-hybridized carbons (Fsp3) is 0.455. The van der Waals surface area contributed by atoms with Crippen LogP contribution in [-0.2, 0) is 17.6 Å². The van der Waals surface area contributed by atoms with E-state index in [1.165, 1.54) is 11.1 Å². The summed E-state index contributed by atoms with van der Waals surface area (Å²) in [5.74, 6) is 1.21. The van der Waals surface area contributed by atoms with Gasteiger partial charge in [-0.1, -0.05) is 36.4 Å². The summed E-state index contributed by atoms with van der Waals surface area (Å²) in [5.41, 5.74) is 3.89. The molecule has 1 fully saturated rings. The molecule has 8 nitrogen and oxygen atoms in total. The molecule has 1 aromatic heterocycles. The number of aromatic nitrogens is 2. The molecule has 2 aliphatic rings. The van der Waals surface area contributed by atoms with Gasteiger partial charge < -0.3 is 15.0 Å². The maximum Gasteiger partial charge on any atom is 0.410 e. The highest BCUT2D eigenvalue weighted by atomic mass is 16.6. The Kier molecular flexibility index (Phi) is 8.57. The molecule has 0 unspecified atom stereocenters. The summed E-state index contributed by atoms with van der Waals surface area (Å²) in [6, 6.07) is 18.1. The van der Waals surface area contributed by atoms with E-state index in [0.717, 1.165) is 37.7 Å². The average Bonchev–Trinajstić information content (AvgIpc) is 3.44. The van der Waals surface area contributed by atoms with Gasteiger partial charge in [0.2, 0.25) is 5.95 Å². The Labute approximate surface area is 243 Å². The summed E-state index contributed by atoms with van der Waals surface area (Å²) in [4.78, 5) is 39.5. The number of carbonyl (C=O) groups excluding carboxylic acids is 2. The molecule has 2 heterocycles. The largest absolute Gasteiger partial charge is 0.444 e. The first kappa shape index (κ1) is 28.6. The molecule has 5 rings (SSSR count). The van der Waals surface area contributed by atoms with Gasteiger partial charge in [0.1, 0.15) is 11.4 Å². The highest BCUT2D eigenvalue weighted by molar-refractivity contribution is 6.05. The van der Waals surface area contributed by atoms with Crippen LogP contribution in [0.15, 0.2) is 60.8 Å². The van der Waals surface area contributed by atoms with Crippen LogP contribution >= 0.6 is 0 Å². The van der Waals surface area contributed by atoms with Crippen molar-refractivity contribution in [2.24, 2.45) is 5.92 Å². The molecule has 1 aliphatic heterocycles. The van der Waals surface area contributed by atoms with Gasteiger partial charge in [-0.2, -0.15) is 4.98 Å². The number of piperidine rings is 1. The number of amides is 2. The van der Waals surface area contributed by atoms with Crippen molar-refractivity contribution in [3.05, 3.63) is 83.0 Å². The van der Waals surface area contributed by atoms with Gasteiger partial charge in [-0.25, -0.2) is 9.78 Å². The number of fused-ring (bicyclic) bond motifs is 1. The van der Waals surface area contributed by atoms with Crippen molar-refractivity contribution in [3.63, 3.8) is 0 Å². The van der Waals surface area contributed by atoms with Crippen LogP contribution in [0.3, 0.4) is 0 Å². The number of likely N-dealkylation sites (tertiary alicyclic amines) is 1. The van der Waals surface area contributed by atoms with Gasteiger partial charge in [0.05, 0.1) is 6.04 Å². The Morgan fingerprint density at radius 3 is 2.51 bits per heavy atom. The SMILES string of the molecule is C[C@H](Nc1nccc(N(CC2CCN(C(=O)OC(C)(C)C)CC2)C(=O)c2ccc3c(c2)CCC3)n1)c1ccccc1. The number of aryl methyl sites for hydroxylation is 2. The predicted octanol–water partition coefficient (Wildman–Crippen LogP) is 6.43. The van der Waals surface area contributed by atoms with E-state index in [0.29, 0.717) is 37.0 Å². The first-order valence-corrected chi connectivity index (χ1v) is 14.7. The molecule has 1 atom stereocenters. The van der Waals surface area contributed by atoms with Crippen molar-refractivity contribution in [2.75, 3.05) is 29.9 Å². The number of rotatable bonds is 7. The summed E-state index contributed by atoms with van der Waals surface area (Å²) in [7, 11) is 0.